The van der Waals surface area contributed by atoms with Crippen LogP contribution in [0.1, 0.15) is 22.3 Å². The topological polar surface area (TPSA) is 59.8 Å². The lowest BCUT2D eigenvalue weighted by Crippen LogP contribution is -2.60. The Morgan fingerprint density at radius 3 is 2.31 bits per heavy atom. The van der Waals surface area contributed by atoms with Crippen LogP contribution in [0.2, 0.25) is 0 Å². The molecule has 2 aliphatic heterocycles. The standard InChI is InChI=1S/C26H29F3N4O2/c1-31(13-20-8-6-19(12-30)7-9-20)25(34)18-33-16-22-14-32(15-23(17-33)35-22)11-10-21-4-2-3-5-24(21)26(27,28)29/h2-9,22-23H,10-11,13-18H2,1H3. The maximum Gasteiger partial charge on any atom is 0.416 e. The van der Waals surface area contributed by atoms with E-state index in [-0.39, 0.29) is 18.1 Å². The average molecular weight is 487 g/mol. The Balaban J connectivity index is 1.26. The number of amides is 1. The molecular formula is C26H29F3N4O2. The molecule has 0 N–H and O–H groups in total. The number of hydrogen-bond acceptors (Lipinski definition) is 5. The molecule has 2 atom stereocenters. The van der Waals surface area contributed by atoms with E-state index < -0.39 is 11.7 Å². The van der Waals surface area contributed by atoms with E-state index in [1.807, 2.05) is 12.1 Å². The highest BCUT2D eigenvalue weighted by Crippen LogP contribution is 2.32. The number of rotatable bonds is 7. The molecule has 0 spiro atoms. The quantitative estimate of drug-likeness (QED) is 0.602. The van der Waals surface area contributed by atoms with Crippen LogP contribution < -0.4 is 0 Å². The largest absolute Gasteiger partial charge is 0.416 e. The van der Waals surface area contributed by atoms with Crippen LogP contribution >= 0.6 is 0 Å². The molecule has 2 aromatic carbocycles. The summed E-state index contributed by atoms with van der Waals surface area (Å²) in [4.78, 5) is 18.7. The first-order valence-corrected chi connectivity index (χ1v) is 11.7. The first-order valence-electron chi connectivity index (χ1n) is 11.7. The van der Waals surface area contributed by atoms with Gasteiger partial charge in [-0.05, 0) is 35.7 Å². The Bertz CT molecular complexity index is 1050. The molecule has 2 saturated heterocycles. The van der Waals surface area contributed by atoms with Gasteiger partial charge >= 0.3 is 6.18 Å². The number of likely N-dealkylation sites (N-methyl/N-ethyl adjacent to an activating group) is 1. The van der Waals surface area contributed by atoms with Gasteiger partial charge in [-0.3, -0.25) is 14.6 Å². The van der Waals surface area contributed by atoms with Crippen LogP contribution in [0.3, 0.4) is 0 Å². The van der Waals surface area contributed by atoms with E-state index in [1.54, 1.807) is 36.2 Å². The highest BCUT2D eigenvalue weighted by Gasteiger charge is 2.36. The summed E-state index contributed by atoms with van der Waals surface area (Å²) in [5.74, 6) is 0.00921. The molecule has 0 aliphatic carbocycles. The third-order valence-corrected chi connectivity index (χ3v) is 6.54. The van der Waals surface area contributed by atoms with E-state index in [1.165, 1.54) is 6.07 Å². The number of ether oxygens (including phenoxy) is 1. The van der Waals surface area contributed by atoms with Crippen molar-refractivity contribution in [2.24, 2.45) is 0 Å². The molecule has 35 heavy (non-hydrogen) atoms. The lowest BCUT2D eigenvalue weighted by atomic mass is 10.0. The van der Waals surface area contributed by atoms with Crippen LogP contribution in [-0.4, -0.2) is 79.1 Å². The number of alkyl halides is 3. The van der Waals surface area contributed by atoms with Crippen molar-refractivity contribution in [1.82, 2.24) is 14.7 Å². The van der Waals surface area contributed by atoms with Gasteiger partial charge in [0, 0.05) is 46.3 Å². The molecule has 1 amide bonds. The minimum atomic E-state index is -4.35. The van der Waals surface area contributed by atoms with Crippen LogP contribution in [0.5, 0.6) is 0 Å². The predicted molar refractivity (Wildman–Crippen MR) is 124 cm³/mol. The number of nitriles is 1. The third-order valence-electron chi connectivity index (χ3n) is 6.54. The summed E-state index contributed by atoms with van der Waals surface area (Å²) in [5, 5.41) is 8.91. The van der Waals surface area contributed by atoms with Gasteiger partial charge in [-0.2, -0.15) is 18.4 Å². The van der Waals surface area contributed by atoms with Gasteiger partial charge in [0.1, 0.15) is 0 Å². The highest BCUT2D eigenvalue weighted by atomic mass is 19.4. The van der Waals surface area contributed by atoms with Gasteiger partial charge in [-0.25, -0.2) is 0 Å². The molecule has 2 unspecified atom stereocenters. The summed E-state index contributed by atoms with van der Waals surface area (Å²) < 4.78 is 45.9. The zero-order chi connectivity index (χ0) is 25.0. The fourth-order valence-corrected chi connectivity index (χ4v) is 4.82. The zero-order valence-corrected chi connectivity index (χ0v) is 19.7. The molecule has 2 aromatic rings. The van der Waals surface area contributed by atoms with Crippen LogP contribution in [0.25, 0.3) is 0 Å². The minimum absolute atomic E-state index is 0.00921. The highest BCUT2D eigenvalue weighted by molar-refractivity contribution is 5.78. The number of hydrogen-bond donors (Lipinski definition) is 0. The Hall–Kier alpha value is -2.93. The monoisotopic (exact) mass is 486 g/mol. The summed E-state index contributed by atoms with van der Waals surface area (Å²) in [5.41, 5.74) is 1.29. The van der Waals surface area contributed by atoms with Gasteiger partial charge < -0.3 is 9.64 Å². The Labute approximate surface area is 203 Å². The number of halogens is 3. The zero-order valence-electron chi connectivity index (χ0n) is 19.7. The SMILES string of the molecule is CN(Cc1ccc(C#N)cc1)C(=O)CN1CC2CN(CCc3ccccc3C(F)(F)F)CC(C1)O2. The van der Waals surface area contributed by atoms with Gasteiger partial charge in [0.05, 0.1) is 35.9 Å². The smallest absolute Gasteiger partial charge is 0.370 e. The molecule has 9 heteroatoms. The molecule has 0 aromatic heterocycles. The van der Waals surface area contributed by atoms with Crippen molar-refractivity contribution in [3.63, 3.8) is 0 Å². The van der Waals surface area contributed by atoms with E-state index in [0.29, 0.717) is 63.4 Å². The van der Waals surface area contributed by atoms with Crippen LogP contribution in [0.15, 0.2) is 48.5 Å². The van der Waals surface area contributed by atoms with Crippen molar-refractivity contribution in [2.45, 2.75) is 31.3 Å². The van der Waals surface area contributed by atoms with Gasteiger partial charge in [0.2, 0.25) is 5.91 Å². The van der Waals surface area contributed by atoms with Crippen LogP contribution in [-0.2, 0) is 28.7 Å². The van der Waals surface area contributed by atoms with Gasteiger partial charge in [-0.1, -0.05) is 30.3 Å². The van der Waals surface area contributed by atoms with E-state index in [4.69, 9.17) is 10.00 Å². The van der Waals surface area contributed by atoms with Gasteiger partial charge in [0.25, 0.3) is 0 Å². The van der Waals surface area contributed by atoms with Crippen LogP contribution in [0.4, 0.5) is 13.2 Å². The normalized spacial score (nSPS) is 20.9. The number of carbonyl (C=O) groups excluding carboxylic acids is 1. The second-order valence-corrected chi connectivity index (χ2v) is 9.30. The molecule has 2 heterocycles. The Kier molecular flexibility index (Phi) is 7.75. The molecule has 186 valence electrons. The fraction of sp³-hybridized carbons (Fsp3) is 0.462. The van der Waals surface area contributed by atoms with Crippen molar-refractivity contribution in [3.05, 3.63) is 70.8 Å². The molecule has 2 aliphatic rings. The number of benzene rings is 2. The third kappa shape index (κ3) is 6.60. The molecular weight excluding hydrogens is 457 g/mol. The summed E-state index contributed by atoms with van der Waals surface area (Å²) in [7, 11) is 1.77. The van der Waals surface area contributed by atoms with E-state index in [2.05, 4.69) is 15.9 Å². The van der Waals surface area contributed by atoms with E-state index in [9.17, 15) is 18.0 Å². The van der Waals surface area contributed by atoms with Crippen molar-refractivity contribution in [3.8, 4) is 6.07 Å². The predicted octanol–water partition coefficient (Wildman–Crippen LogP) is 3.16. The van der Waals surface area contributed by atoms with Crippen molar-refractivity contribution in [2.75, 3.05) is 46.3 Å². The molecule has 0 saturated carbocycles. The second kappa shape index (κ2) is 10.8. The fourth-order valence-electron chi connectivity index (χ4n) is 4.82. The number of nitrogens with zero attached hydrogens (tertiary/aromatic N) is 4. The number of fused-ring (bicyclic) bond motifs is 2. The lowest BCUT2D eigenvalue weighted by Gasteiger charge is -2.46. The Morgan fingerprint density at radius 1 is 1.06 bits per heavy atom. The number of morpholine rings is 2. The first kappa shape index (κ1) is 25.2. The van der Waals surface area contributed by atoms with Crippen molar-refractivity contribution in [1.29, 1.82) is 5.26 Å². The summed E-state index contributed by atoms with van der Waals surface area (Å²) in [6.07, 6.45) is -4.16. The summed E-state index contributed by atoms with van der Waals surface area (Å²) in [6, 6.07) is 15.0. The molecule has 0 radical (unpaired) electrons. The summed E-state index contributed by atoms with van der Waals surface area (Å²) >= 11 is 0. The second-order valence-electron chi connectivity index (χ2n) is 9.30. The van der Waals surface area contributed by atoms with E-state index >= 15 is 0 Å². The molecule has 2 bridgehead atoms. The van der Waals surface area contributed by atoms with Gasteiger partial charge in [-0.15, -0.1) is 0 Å². The van der Waals surface area contributed by atoms with E-state index in [0.717, 1.165) is 11.6 Å². The average Bonchev–Trinajstić information content (AvgIpc) is 2.82. The van der Waals surface area contributed by atoms with Gasteiger partial charge in [0.15, 0.2) is 0 Å². The maximum absolute atomic E-state index is 13.3. The first-order chi connectivity index (χ1) is 16.7. The molecule has 6 nitrogen and oxygen atoms in total. The maximum atomic E-state index is 13.3. The minimum Gasteiger partial charge on any atom is -0.370 e. The Morgan fingerprint density at radius 2 is 1.69 bits per heavy atom. The van der Waals surface area contributed by atoms with Crippen LogP contribution in [0, 0.1) is 11.3 Å². The molecule has 4 rings (SSSR count). The number of carbonyl (C=O) groups is 1. The molecule has 2 fully saturated rings. The van der Waals surface area contributed by atoms with Crippen molar-refractivity contribution < 1.29 is 22.7 Å². The summed E-state index contributed by atoms with van der Waals surface area (Å²) in [6.45, 7) is 3.80. The van der Waals surface area contributed by atoms with Crippen molar-refractivity contribution >= 4 is 5.91 Å². The lowest BCUT2D eigenvalue weighted by molar-refractivity contribution is -0.149.